The monoisotopic (exact) mass is 301 g/mol. The van der Waals surface area contributed by atoms with E-state index >= 15 is 0 Å². The average molecular weight is 302 g/mol. The van der Waals surface area contributed by atoms with Crippen molar-refractivity contribution in [2.24, 2.45) is 0 Å². The van der Waals surface area contributed by atoms with Gasteiger partial charge in [0.05, 0.1) is 10.7 Å². The summed E-state index contributed by atoms with van der Waals surface area (Å²) in [5.41, 5.74) is 3.59. The van der Waals surface area contributed by atoms with Crippen LogP contribution in [0.25, 0.3) is 6.08 Å². The fourth-order valence-corrected chi connectivity index (χ4v) is 2.44. The van der Waals surface area contributed by atoms with Crippen molar-refractivity contribution in [1.29, 1.82) is 0 Å². The lowest BCUT2D eigenvalue weighted by Gasteiger charge is -2.19. The highest BCUT2D eigenvalue weighted by Gasteiger charge is 2.19. The Balaban J connectivity index is 0.000000497. The molecule has 2 nitrogen and oxygen atoms in total. The average Bonchev–Trinajstić information content (AvgIpc) is 2.48. The van der Waals surface area contributed by atoms with Gasteiger partial charge in [-0.1, -0.05) is 62.2 Å². The first kappa shape index (κ1) is 15.7. The first-order valence-corrected chi connectivity index (χ1v) is 7.63. The number of fused-ring (bicyclic) bond motifs is 2. The van der Waals surface area contributed by atoms with Gasteiger partial charge in [0.2, 0.25) is 0 Å². The molecule has 3 rings (SSSR count). The molecular weight excluding hydrogens is 282 g/mol. The molecule has 0 aliphatic heterocycles. The number of allylic oxidation sites excluding steroid dienone is 1. The number of benzene rings is 1. The molecule has 0 radical (unpaired) electrons. The van der Waals surface area contributed by atoms with Crippen LogP contribution in [-0.4, -0.2) is 10.1 Å². The van der Waals surface area contributed by atoms with Gasteiger partial charge in [-0.2, -0.15) is 0 Å². The van der Waals surface area contributed by atoms with Gasteiger partial charge in [-0.05, 0) is 29.7 Å². The first-order valence-electron chi connectivity index (χ1n) is 7.25. The quantitative estimate of drug-likeness (QED) is 0.758. The summed E-state index contributed by atoms with van der Waals surface area (Å²) in [6, 6.07) is 9.68. The number of pyridine rings is 1. The van der Waals surface area contributed by atoms with Crippen molar-refractivity contribution >= 4 is 17.7 Å². The zero-order valence-corrected chi connectivity index (χ0v) is 13.1. The SMILES string of the molecule is CCC.OC1c2ccccc2C/C=C\c2ncc(Cl)cc21. The van der Waals surface area contributed by atoms with Crippen molar-refractivity contribution in [3.05, 3.63) is 70.0 Å². The van der Waals surface area contributed by atoms with Crippen LogP contribution in [0.5, 0.6) is 0 Å². The number of hydrogen-bond donors (Lipinski definition) is 1. The Kier molecular flexibility index (Phi) is 5.54. The topological polar surface area (TPSA) is 33.1 Å². The second-order valence-corrected chi connectivity index (χ2v) is 5.48. The Morgan fingerprint density at radius 2 is 1.95 bits per heavy atom. The zero-order valence-electron chi connectivity index (χ0n) is 12.4. The van der Waals surface area contributed by atoms with Crippen molar-refractivity contribution in [3.63, 3.8) is 0 Å². The summed E-state index contributed by atoms with van der Waals surface area (Å²) < 4.78 is 0. The summed E-state index contributed by atoms with van der Waals surface area (Å²) in [6.45, 7) is 4.25. The van der Waals surface area contributed by atoms with Gasteiger partial charge in [-0.15, -0.1) is 0 Å². The van der Waals surface area contributed by atoms with Crippen molar-refractivity contribution in [2.75, 3.05) is 0 Å². The van der Waals surface area contributed by atoms with E-state index in [1.54, 1.807) is 12.3 Å². The van der Waals surface area contributed by atoms with Gasteiger partial charge in [0, 0.05) is 11.8 Å². The second-order valence-electron chi connectivity index (χ2n) is 5.04. The Labute approximate surface area is 131 Å². The number of aliphatic hydroxyl groups excluding tert-OH is 1. The van der Waals surface area contributed by atoms with E-state index in [9.17, 15) is 5.11 Å². The van der Waals surface area contributed by atoms with Crippen molar-refractivity contribution in [2.45, 2.75) is 32.8 Å². The van der Waals surface area contributed by atoms with E-state index in [1.165, 1.54) is 6.42 Å². The van der Waals surface area contributed by atoms with E-state index in [4.69, 9.17) is 11.6 Å². The summed E-state index contributed by atoms with van der Waals surface area (Å²) in [6.07, 6.45) is 6.98. The van der Waals surface area contributed by atoms with Gasteiger partial charge >= 0.3 is 0 Å². The van der Waals surface area contributed by atoms with Gasteiger partial charge < -0.3 is 5.11 Å². The largest absolute Gasteiger partial charge is 0.384 e. The van der Waals surface area contributed by atoms with Crippen LogP contribution < -0.4 is 0 Å². The molecule has 1 aromatic carbocycles. The van der Waals surface area contributed by atoms with Crippen LogP contribution in [0.15, 0.2) is 42.6 Å². The van der Waals surface area contributed by atoms with Crippen LogP contribution in [-0.2, 0) is 6.42 Å². The Morgan fingerprint density at radius 1 is 1.24 bits per heavy atom. The summed E-state index contributed by atoms with van der Waals surface area (Å²) in [5, 5.41) is 11.1. The molecular formula is C18H20ClNO. The standard InChI is InChI=1S/C15H12ClNO.C3H8/c16-11-8-13-14(17-9-11)7-3-5-10-4-1-2-6-12(10)15(13)18;1-3-2/h1-4,6-9,15,18H,5H2;3H2,1-2H3/b7-3-;. The third-order valence-corrected chi connectivity index (χ3v) is 3.38. The maximum absolute atomic E-state index is 10.5. The number of rotatable bonds is 0. The van der Waals surface area contributed by atoms with Crippen LogP contribution in [0.4, 0.5) is 0 Å². The van der Waals surface area contributed by atoms with E-state index in [0.717, 1.165) is 28.8 Å². The molecule has 0 saturated carbocycles. The maximum atomic E-state index is 10.5. The molecule has 3 heteroatoms. The molecule has 1 unspecified atom stereocenters. The van der Waals surface area contributed by atoms with Crippen LogP contribution in [0.3, 0.4) is 0 Å². The highest BCUT2D eigenvalue weighted by molar-refractivity contribution is 6.30. The normalized spacial score (nSPS) is 17.4. The van der Waals surface area contributed by atoms with Crippen molar-refractivity contribution in [3.8, 4) is 0 Å². The van der Waals surface area contributed by atoms with Gasteiger partial charge in [0.25, 0.3) is 0 Å². The molecule has 1 aromatic heterocycles. The van der Waals surface area contributed by atoms with Crippen LogP contribution in [0.1, 0.15) is 48.8 Å². The summed E-state index contributed by atoms with van der Waals surface area (Å²) in [5.74, 6) is 0. The highest BCUT2D eigenvalue weighted by Crippen LogP contribution is 2.31. The number of hydrogen-bond acceptors (Lipinski definition) is 2. The van der Waals surface area contributed by atoms with Crippen molar-refractivity contribution < 1.29 is 5.11 Å². The molecule has 0 bridgehead atoms. The summed E-state index contributed by atoms with van der Waals surface area (Å²) >= 11 is 5.97. The Bertz CT molecular complexity index is 637. The summed E-state index contributed by atoms with van der Waals surface area (Å²) in [7, 11) is 0. The fourth-order valence-electron chi connectivity index (χ4n) is 2.28. The molecule has 21 heavy (non-hydrogen) atoms. The number of halogens is 1. The molecule has 1 heterocycles. The first-order chi connectivity index (χ1) is 10.2. The molecule has 110 valence electrons. The van der Waals surface area contributed by atoms with Gasteiger partial charge in [0.15, 0.2) is 0 Å². The third kappa shape index (κ3) is 3.72. The van der Waals surface area contributed by atoms with E-state index < -0.39 is 6.10 Å². The molecule has 0 fully saturated rings. The molecule has 2 aromatic rings. The molecule has 1 aliphatic rings. The predicted octanol–water partition coefficient (Wildman–Crippen LogP) is 4.80. The zero-order chi connectivity index (χ0) is 15.2. The third-order valence-electron chi connectivity index (χ3n) is 3.17. The maximum Gasteiger partial charge on any atom is 0.106 e. The Morgan fingerprint density at radius 3 is 2.71 bits per heavy atom. The van der Waals surface area contributed by atoms with Crippen LogP contribution in [0.2, 0.25) is 5.02 Å². The second kappa shape index (κ2) is 7.39. The molecule has 1 atom stereocenters. The number of aromatic nitrogens is 1. The molecule has 0 saturated heterocycles. The van der Waals surface area contributed by atoms with E-state index in [-0.39, 0.29) is 0 Å². The molecule has 0 spiro atoms. The predicted molar refractivity (Wildman–Crippen MR) is 88.5 cm³/mol. The van der Waals surface area contributed by atoms with E-state index in [0.29, 0.717) is 5.02 Å². The van der Waals surface area contributed by atoms with Gasteiger partial charge in [-0.25, -0.2) is 0 Å². The molecule has 1 aliphatic carbocycles. The van der Waals surface area contributed by atoms with Crippen molar-refractivity contribution in [1.82, 2.24) is 4.98 Å². The summed E-state index contributed by atoms with van der Waals surface area (Å²) in [4.78, 5) is 4.27. The minimum atomic E-state index is -0.674. The minimum Gasteiger partial charge on any atom is -0.384 e. The minimum absolute atomic E-state index is 0.541. The molecule has 0 amide bonds. The number of nitrogens with zero attached hydrogens (tertiary/aromatic N) is 1. The van der Waals surface area contributed by atoms with Crippen LogP contribution in [0, 0.1) is 0 Å². The number of aliphatic hydroxyl groups is 1. The molecule has 1 N–H and O–H groups in total. The smallest absolute Gasteiger partial charge is 0.106 e. The van der Waals surface area contributed by atoms with E-state index in [1.807, 2.05) is 30.3 Å². The van der Waals surface area contributed by atoms with E-state index in [2.05, 4.69) is 24.9 Å². The van der Waals surface area contributed by atoms with Crippen LogP contribution >= 0.6 is 11.6 Å². The Hall–Kier alpha value is -1.64. The highest BCUT2D eigenvalue weighted by atomic mass is 35.5. The lowest BCUT2D eigenvalue weighted by Crippen LogP contribution is -2.08. The van der Waals surface area contributed by atoms with Gasteiger partial charge in [0.1, 0.15) is 6.10 Å². The lowest BCUT2D eigenvalue weighted by atomic mass is 9.92. The fraction of sp³-hybridized carbons (Fsp3) is 0.278. The van der Waals surface area contributed by atoms with Gasteiger partial charge in [-0.3, -0.25) is 4.98 Å². The lowest BCUT2D eigenvalue weighted by molar-refractivity contribution is 0.218.